The van der Waals surface area contributed by atoms with Crippen molar-refractivity contribution in [2.24, 2.45) is 17.1 Å². The number of nitrogens with zero attached hydrogens (tertiary/aromatic N) is 1. The number of carbonyl (C=O) groups is 3. The number of hydrogen-bond acceptors (Lipinski definition) is 5. The van der Waals surface area contributed by atoms with Crippen LogP contribution in [0.3, 0.4) is 0 Å². The first kappa shape index (κ1) is 26.4. The Morgan fingerprint density at radius 3 is 2.31 bits per heavy atom. The molecule has 0 saturated heterocycles. The van der Waals surface area contributed by atoms with E-state index in [1.807, 2.05) is 29.2 Å². The smallest absolute Gasteiger partial charge is 0.308 e. The molecule has 7 heteroatoms. The maximum atomic E-state index is 13.4. The van der Waals surface area contributed by atoms with Crippen LogP contribution < -0.4 is 15.8 Å². The Kier molecular flexibility index (Phi) is 9.04. The maximum absolute atomic E-state index is 13.4. The number of carbonyl (C=O) groups excluding carboxylic acids is 3. The van der Waals surface area contributed by atoms with Gasteiger partial charge in [-0.1, -0.05) is 57.4 Å². The lowest BCUT2D eigenvalue weighted by molar-refractivity contribution is -0.138. The van der Waals surface area contributed by atoms with E-state index in [9.17, 15) is 14.4 Å². The second-order valence-corrected chi connectivity index (χ2v) is 10.1. The summed E-state index contributed by atoms with van der Waals surface area (Å²) in [6.45, 7) is 7.07. The van der Waals surface area contributed by atoms with E-state index in [1.165, 1.54) is 13.3 Å². The third kappa shape index (κ3) is 7.65. The second kappa shape index (κ2) is 12.0. The fraction of sp³-hybridized carbons (Fsp3) is 0.464. The van der Waals surface area contributed by atoms with Crippen LogP contribution in [0.5, 0.6) is 5.75 Å². The van der Waals surface area contributed by atoms with E-state index in [4.69, 9.17) is 10.5 Å². The minimum Gasteiger partial charge on any atom is -0.426 e. The number of benzene rings is 2. The summed E-state index contributed by atoms with van der Waals surface area (Å²) in [6, 6.07) is 14.1. The van der Waals surface area contributed by atoms with Crippen LogP contribution in [-0.4, -0.2) is 35.8 Å². The van der Waals surface area contributed by atoms with E-state index < -0.39 is 5.97 Å². The molecule has 0 atom stereocenters. The molecule has 1 aliphatic carbocycles. The number of nitrogens with two attached hydrogens (primary N) is 1. The van der Waals surface area contributed by atoms with Gasteiger partial charge >= 0.3 is 5.97 Å². The number of hydrogen-bond donors (Lipinski definition) is 2. The molecule has 7 nitrogen and oxygen atoms in total. The zero-order valence-electron chi connectivity index (χ0n) is 21.0. The Bertz CT molecular complexity index is 1030. The van der Waals surface area contributed by atoms with E-state index in [-0.39, 0.29) is 34.5 Å². The van der Waals surface area contributed by atoms with Gasteiger partial charge in [-0.05, 0) is 54.6 Å². The second-order valence-electron chi connectivity index (χ2n) is 10.1. The third-order valence-corrected chi connectivity index (χ3v) is 6.41. The van der Waals surface area contributed by atoms with Crippen molar-refractivity contribution in [2.75, 3.05) is 18.4 Å². The van der Waals surface area contributed by atoms with Gasteiger partial charge in [-0.15, -0.1) is 0 Å². The summed E-state index contributed by atoms with van der Waals surface area (Å²) >= 11 is 0. The Balaban J connectivity index is 1.70. The van der Waals surface area contributed by atoms with Gasteiger partial charge in [-0.25, -0.2) is 0 Å². The quantitative estimate of drug-likeness (QED) is 0.399. The van der Waals surface area contributed by atoms with Crippen LogP contribution in [0.2, 0.25) is 0 Å². The predicted molar refractivity (Wildman–Crippen MR) is 137 cm³/mol. The molecule has 188 valence electrons. The van der Waals surface area contributed by atoms with Crippen molar-refractivity contribution in [3.05, 3.63) is 59.7 Å². The first-order valence-electron chi connectivity index (χ1n) is 12.3. The average Bonchev–Trinajstić information content (AvgIpc) is 2.84. The first-order chi connectivity index (χ1) is 16.7. The normalized spacial score (nSPS) is 14.3. The minimum absolute atomic E-state index is 0.0909. The number of ether oxygens (including phenoxy) is 1. The minimum atomic E-state index is -0.486. The van der Waals surface area contributed by atoms with E-state index in [1.54, 1.807) is 24.3 Å². The first-order valence-corrected chi connectivity index (χ1v) is 12.3. The van der Waals surface area contributed by atoms with E-state index in [0.717, 1.165) is 31.2 Å². The van der Waals surface area contributed by atoms with E-state index in [2.05, 4.69) is 19.2 Å². The van der Waals surface area contributed by atoms with Gasteiger partial charge < -0.3 is 20.7 Å². The molecule has 0 bridgehead atoms. The molecule has 1 aliphatic rings. The molecule has 2 aromatic carbocycles. The summed E-state index contributed by atoms with van der Waals surface area (Å²) in [5, 5.41) is 2.85. The summed E-state index contributed by atoms with van der Waals surface area (Å²) in [6.07, 6.45) is 5.34. The Morgan fingerprint density at radius 1 is 1.03 bits per heavy atom. The average molecular weight is 480 g/mol. The van der Waals surface area contributed by atoms with Gasteiger partial charge in [-0.3, -0.25) is 14.4 Å². The highest BCUT2D eigenvalue weighted by Gasteiger charge is 2.30. The van der Waals surface area contributed by atoms with Crippen LogP contribution in [0, 0.1) is 11.3 Å². The van der Waals surface area contributed by atoms with Gasteiger partial charge in [0.25, 0.3) is 5.91 Å². The highest BCUT2D eigenvalue weighted by atomic mass is 16.5. The molecule has 0 heterocycles. The fourth-order valence-electron chi connectivity index (χ4n) is 4.41. The van der Waals surface area contributed by atoms with Crippen LogP contribution >= 0.6 is 0 Å². The number of anilines is 1. The lowest BCUT2D eigenvalue weighted by Gasteiger charge is -2.35. The van der Waals surface area contributed by atoms with Crippen molar-refractivity contribution >= 4 is 23.5 Å². The fourth-order valence-corrected chi connectivity index (χ4v) is 4.41. The van der Waals surface area contributed by atoms with Crippen LogP contribution in [0.15, 0.2) is 48.5 Å². The standard InChI is InChI=1S/C28H37N3O4/c1-20(32)35-25-12-8-7-11-24(25)26(33)30-23-15-13-21(14-16-23)17-31(19-28(2,3)18-29)27(34)22-9-5-4-6-10-22/h7-8,11-16,22H,4-6,9-10,17-19,29H2,1-3H3,(H,30,33). The zero-order valence-corrected chi connectivity index (χ0v) is 21.0. The molecule has 1 saturated carbocycles. The summed E-state index contributed by atoms with van der Waals surface area (Å²) in [5.74, 6) is -0.333. The van der Waals surface area contributed by atoms with Crippen LogP contribution in [0.4, 0.5) is 5.69 Å². The van der Waals surface area contributed by atoms with Gasteiger partial charge in [0.2, 0.25) is 5.91 Å². The van der Waals surface area contributed by atoms with Gasteiger partial charge in [0.1, 0.15) is 5.75 Å². The monoisotopic (exact) mass is 479 g/mol. The van der Waals surface area contributed by atoms with Gasteiger partial charge in [0.15, 0.2) is 0 Å². The van der Waals surface area contributed by atoms with Crippen molar-refractivity contribution in [2.45, 2.75) is 59.4 Å². The molecule has 0 aliphatic heterocycles. The molecule has 35 heavy (non-hydrogen) atoms. The van der Waals surface area contributed by atoms with Crippen LogP contribution in [-0.2, 0) is 16.1 Å². The van der Waals surface area contributed by atoms with Gasteiger partial charge in [0.05, 0.1) is 5.56 Å². The third-order valence-electron chi connectivity index (χ3n) is 6.41. The van der Waals surface area contributed by atoms with Crippen LogP contribution in [0.25, 0.3) is 0 Å². The predicted octanol–water partition coefficient (Wildman–Crippen LogP) is 4.76. The number of amides is 2. The number of esters is 1. The van der Waals surface area contributed by atoms with Crippen molar-refractivity contribution in [3.8, 4) is 5.75 Å². The highest BCUT2D eigenvalue weighted by molar-refractivity contribution is 6.06. The SMILES string of the molecule is CC(=O)Oc1ccccc1C(=O)Nc1ccc(CN(CC(C)(C)CN)C(=O)C2CCCCC2)cc1. The van der Waals surface area contributed by atoms with Crippen molar-refractivity contribution in [1.82, 2.24) is 4.90 Å². The molecule has 0 radical (unpaired) electrons. The van der Waals surface area contributed by atoms with E-state index in [0.29, 0.717) is 25.3 Å². The number of rotatable bonds is 9. The lowest BCUT2D eigenvalue weighted by atomic mass is 9.87. The molecule has 2 amide bonds. The highest BCUT2D eigenvalue weighted by Crippen LogP contribution is 2.28. The summed E-state index contributed by atoms with van der Waals surface area (Å²) in [7, 11) is 0. The molecule has 0 unspecified atom stereocenters. The Morgan fingerprint density at radius 2 is 1.69 bits per heavy atom. The Hall–Kier alpha value is -3.19. The molecule has 0 spiro atoms. The molecule has 0 aromatic heterocycles. The van der Waals surface area contributed by atoms with Gasteiger partial charge in [-0.2, -0.15) is 0 Å². The largest absolute Gasteiger partial charge is 0.426 e. The molecule has 1 fully saturated rings. The zero-order chi connectivity index (χ0) is 25.4. The maximum Gasteiger partial charge on any atom is 0.308 e. The molecule has 3 N–H and O–H groups in total. The molecular formula is C28H37N3O4. The summed E-state index contributed by atoms with van der Waals surface area (Å²) in [4.78, 5) is 39.4. The Labute approximate surface area is 208 Å². The summed E-state index contributed by atoms with van der Waals surface area (Å²) < 4.78 is 5.14. The van der Waals surface area contributed by atoms with Crippen LogP contribution in [0.1, 0.15) is 68.8 Å². The molecular weight excluding hydrogens is 442 g/mol. The van der Waals surface area contributed by atoms with E-state index >= 15 is 0 Å². The molecule has 3 rings (SSSR count). The topological polar surface area (TPSA) is 102 Å². The molecule has 2 aromatic rings. The number of nitrogens with one attached hydrogen (secondary N) is 1. The summed E-state index contributed by atoms with van der Waals surface area (Å²) in [5.41, 5.74) is 7.68. The van der Waals surface area contributed by atoms with Gasteiger partial charge in [0, 0.05) is 31.6 Å². The number of para-hydroxylation sites is 1. The van der Waals surface area contributed by atoms with Crippen molar-refractivity contribution in [1.29, 1.82) is 0 Å². The lowest BCUT2D eigenvalue weighted by Crippen LogP contribution is -2.44. The van der Waals surface area contributed by atoms with Crippen molar-refractivity contribution < 1.29 is 19.1 Å². The van der Waals surface area contributed by atoms with Crippen molar-refractivity contribution in [3.63, 3.8) is 0 Å².